The lowest BCUT2D eigenvalue weighted by atomic mass is 10.2. The number of benzene rings is 2. The largest absolute Gasteiger partial charge is 0.333 e. The maximum Gasteiger partial charge on any atom is 0.234 e. The minimum absolute atomic E-state index is 0.112. The molecule has 7 heteroatoms. The van der Waals surface area contributed by atoms with Crippen molar-refractivity contribution in [1.82, 2.24) is 9.97 Å². The number of nitrogens with one attached hydrogen (secondary N) is 2. The Hall–Kier alpha value is -1.69. The highest BCUT2D eigenvalue weighted by Gasteiger charge is 2.09. The first-order valence-electron chi connectivity index (χ1n) is 6.85. The summed E-state index contributed by atoms with van der Waals surface area (Å²) in [6.45, 7) is 1.92. The Morgan fingerprint density at radius 2 is 1.96 bits per heavy atom. The molecule has 3 aromatic rings. The van der Waals surface area contributed by atoms with Crippen LogP contribution in [-0.4, -0.2) is 21.6 Å². The monoisotopic (exact) mass is 365 g/mol. The van der Waals surface area contributed by atoms with Gasteiger partial charge in [0.1, 0.15) is 0 Å². The van der Waals surface area contributed by atoms with Crippen LogP contribution in [0.2, 0.25) is 10.0 Å². The molecule has 118 valence electrons. The van der Waals surface area contributed by atoms with Gasteiger partial charge >= 0.3 is 0 Å². The highest BCUT2D eigenvalue weighted by molar-refractivity contribution is 7.99. The number of hydrogen-bond acceptors (Lipinski definition) is 3. The van der Waals surface area contributed by atoms with Crippen molar-refractivity contribution in [2.75, 3.05) is 11.1 Å². The molecule has 0 radical (unpaired) electrons. The van der Waals surface area contributed by atoms with Gasteiger partial charge in [-0.05, 0) is 42.8 Å². The van der Waals surface area contributed by atoms with E-state index in [-0.39, 0.29) is 11.7 Å². The molecule has 1 aromatic heterocycles. The first-order valence-corrected chi connectivity index (χ1v) is 8.59. The van der Waals surface area contributed by atoms with Crippen LogP contribution in [-0.2, 0) is 4.79 Å². The number of aryl methyl sites for hydroxylation is 1. The van der Waals surface area contributed by atoms with Gasteiger partial charge in [0.25, 0.3) is 0 Å². The number of fused-ring (bicyclic) bond motifs is 1. The molecule has 0 spiro atoms. The standard InChI is InChI=1S/C16H13Cl2N3OS/c1-9-2-3-10(17)6-13(9)19-15(22)8-23-16-20-12-5-4-11(18)7-14(12)21-16/h2-7H,8H2,1H3,(H,19,22)(H,20,21). The summed E-state index contributed by atoms with van der Waals surface area (Å²) in [7, 11) is 0. The number of aromatic nitrogens is 2. The van der Waals surface area contributed by atoms with Gasteiger partial charge in [-0.2, -0.15) is 0 Å². The molecule has 4 nitrogen and oxygen atoms in total. The van der Waals surface area contributed by atoms with E-state index in [0.29, 0.717) is 15.2 Å². The van der Waals surface area contributed by atoms with Crippen molar-refractivity contribution in [3.63, 3.8) is 0 Å². The van der Waals surface area contributed by atoms with Crippen LogP contribution < -0.4 is 5.32 Å². The van der Waals surface area contributed by atoms with Gasteiger partial charge in [0, 0.05) is 15.7 Å². The number of hydrogen-bond donors (Lipinski definition) is 2. The molecule has 0 saturated carbocycles. The van der Waals surface area contributed by atoms with Gasteiger partial charge in [-0.25, -0.2) is 4.98 Å². The SMILES string of the molecule is Cc1ccc(Cl)cc1NC(=O)CSc1nc2ccc(Cl)cc2[nH]1. The average Bonchev–Trinajstić information content (AvgIpc) is 2.91. The second-order valence-electron chi connectivity index (χ2n) is 5.00. The smallest absolute Gasteiger partial charge is 0.234 e. The van der Waals surface area contributed by atoms with Gasteiger partial charge < -0.3 is 10.3 Å². The van der Waals surface area contributed by atoms with E-state index < -0.39 is 0 Å². The fourth-order valence-electron chi connectivity index (χ4n) is 2.08. The van der Waals surface area contributed by atoms with Crippen LogP contribution in [0.15, 0.2) is 41.6 Å². The Bertz CT molecular complexity index is 879. The summed E-state index contributed by atoms with van der Waals surface area (Å²) < 4.78 is 0. The summed E-state index contributed by atoms with van der Waals surface area (Å²) in [5.41, 5.74) is 3.36. The predicted octanol–water partition coefficient (Wildman–Crippen LogP) is 4.91. The zero-order valence-corrected chi connectivity index (χ0v) is 14.5. The number of H-pyrrole nitrogens is 1. The van der Waals surface area contributed by atoms with E-state index in [1.54, 1.807) is 18.2 Å². The number of carbonyl (C=O) groups is 1. The lowest BCUT2D eigenvalue weighted by molar-refractivity contribution is -0.113. The molecule has 0 aliphatic heterocycles. The summed E-state index contributed by atoms with van der Waals surface area (Å²) in [5, 5.41) is 4.77. The van der Waals surface area contributed by atoms with E-state index in [0.717, 1.165) is 22.3 Å². The summed E-state index contributed by atoms with van der Waals surface area (Å²) in [6.07, 6.45) is 0. The lowest BCUT2D eigenvalue weighted by Gasteiger charge is -2.08. The Morgan fingerprint density at radius 3 is 2.78 bits per heavy atom. The number of carbonyl (C=O) groups excluding carboxylic acids is 1. The molecular formula is C16H13Cl2N3OS. The number of aromatic amines is 1. The molecule has 0 saturated heterocycles. The molecule has 0 aliphatic rings. The summed E-state index contributed by atoms with van der Waals surface area (Å²) >= 11 is 13.2. The second-order valence-corrected chi connectivity index (χ2v) is 6.84. The third-order valence-corrected chi connectivity index (χ3v) is 4.58. The molecule has 0 bridgehead atoms. The van der Waals surface area contributed by atoms with E-state index >= 15 is 0 Å². The first kappa shape index (κ1) is 16.2. The minimum atomic E-state index is -0.112. The summed E-state index contributed by atoms with van der Waals surface area (Å²) in [6, 6.07) is 10.8. The van der Waals surface area contributed by atoms with Crippen LogP contribution in [0.1, 0.15) is 5.56 Å². The van der Waals surface area contributed by atoms with Crippen molar-refractivity contribution < 1.29 is 4.79 Å². The highest BCUT2D eigenvalue weighted by atomic mass is 35.5. The van der Waals surface area contributed by atoms with Crippen molar-refractivity contribution >= 4 is 57.6 Å². The van der Waals surface area contributed by atoms with Crippen LogP contribution in [0.25, 0.3) is 11.0 Å². The molecule has 0 atom stereocenters. The fourth-order valence-corrected chi connectivity index (χ4v) is 3.11. The van der Waals surface area contributed by atoms with E-state index in [1.807, 2.05) is 25.1 Å². The predicted molar refractivity (Wildman–Crippen MR) is 96.6 cm³/mol. The molecule has 3 rings (SSSR count). The Kier molecular flexibility index (Phi) is 4.80. The Labute approximate surface area is 147 Å². The fraction of sp³-hybridized carbons (Fsp3) is 0.125. The van der Waals surface area contributed by atoms with Gasteiger partial charge in [0.05, 0.1) is 16.8 Å². The summed E-state index contributed by atoms with van der Waals surface area (Å²) in [5.74, 6) is 0.137. The van der Waals surface area contributed by atoms with E-state index in [2.05, 4.69) is 15.3 Å². The highest BCUT2D eigenvalue weighted by Crippen LogP contribution is 2.23. The van der Waals surface area contributed by atoms with Gasteiger partial charge in [-0.1, -0.05) is 41.0 Å². The quantitative estimate of drug-likeness (QED) is 0.645. The summed E-state index contributed by atoms with van der Waals surface area (Å²) in [4.78, 5) is 19.6. The molecule has 0 unspecified atom stereocenters. The number of rotatable bonds is 4. The maximum absolute atomic E-state index is 12.1. The number of amides is 1. The molecule has 1 heterocycles. The topological polar surface area (TPSA) is 57.8 Å². The molecule has 2 aromatic carbocycles. The molecular weight excluding hydrogens is 353 g/mol. The minimum Gasteiger partial charge on any atom is -0.333 e. The van der Waals surface area contributed by atoms with Crippen molar-refractivity contribution in [2.45, 2.75) is 12.1 Å². The Morgan fingerprint density at radius 1 is 1.22 bits per heavy atom. The molecule has 2 N–H and O–H groups in total. The molecule has 0 fully saturated rings. The van der Waals surface area contributed by atoms with Crippen molar-refractivity contribution in [1.29, 1.82) is 0 Å². The van der Waals surface area contributed by atoms with E-state index in [4.69, 9.17) is 23.2 Å². The second kappa shape index (κ2) is 6.83. The third kappa shape index (κ3) is 3.99. The van der Waals surface area contributed by atoms with Crippen LogP contribution in [0.3, 0.4) is 0 Å². The van der Waals surface area contributed by atoms with Crippen molar-refractivity contribution in [3.8, 4) is 0 Å². The third-order valence-electron chi connectivity index (χ3n) is 3.24. The van der Waals surface area contributed by atoms with E-state index in [1.165, 1.54) is 11.8 Å². The van der Waals surface area contributed by atoms with Crippen LogP contribution in [0.5, 0.6) is 0 Å². The van der Waals surface area contributed by atoms with Crippen molar-refractivity contribution in [2.24, 2.45) is 0 Å². The number of halogens is 2. The normalized spacial score (nSPS) is 10.9. The molecule has 0 aliphatic carbocycles. The number of thioether (sulfide) groups is 1. The van der Waals surface area contributed by atoms with Gasteiger partial charge in [-0.3, -0.25) is 4.79 Å². The molecule has 23 heavy (non-hydrogen) atoms. The zero-order valence-electron chi connectivity index (χ0n) is 12.2. The van der Waals surface area contributed by atoms with Crippen LogP contribution >= 0.6 is 35.0 Å². The maximum atomic E-state index is 12.1. The first-order chi connectivity index (χ1) is 11.0. The number of imidazole rings is 1. The number of nitrogens with zero attached hydrogens (tertiary/aromatic N) is 1. The van der Waals surface area contributed by atoms with Crippen LogP contribution in [0, 0.1) is 6.92 Å². The molecule has 1 amide bonds. The van der Waals surface area contributed by atoms with Gasteiger partial charge in [0.2, 0.25) is 5.91 Å². The van der Waals surface area contributed by atoms with Crippen molar-refractivity contribution in [3.05, 3.63) is 52.0 Å². The van der Waals surface area contributed by atoms with Gasteiger partial charge in [-0.15, -0.1) is 0 Å². The zero-order chi connectivity index (χ0) is 16.4. The lowest BCUT2D eigenvalue weighted by Crippen LogP contribution is -2.14. The Balaban J connectivity index is 1.64. The van der Waals surface area contributed by atoms with Crippen LogP contribution in [0.4, 0.5) is 5.69 Å². The van der Waals surface area contributed by atoms with Gasteiger partial charge in [0.15, 0.2) is 5.16 Å². The number of anilines is 1. The van der Waals surface area contributed by atoms with E-state index in [9.17, 15) is 4.79 Å². The average molecular weight is 366 g/mol.